The molecule has 0 heterocycles. The second-order valence-corrected chi connectivity index (χ2v) is 7.60. The predicted molar refractivity (Wildman–Crippen MR) is 103 cm³/mol. The third kappa shape index (κ3) is 5.54. The lowest BCUT2D eigenvalue weighted by Gasteiger charge is -2.09. The Bertz CT molecular complexity index is 738. The summed E-state index contributed by atoms with van der Waals surface area (Å²) in [5.41, 5.74) is 3.31. The average Bonchev–Trinajstić information content (AvgIpc) is 2.57. The summed E-state index contributed by atoms with van der Waals surface area (Å²) in [4.78, 5) is 13.1. The van der Waals surface area contributed by atoms with Gasteiger partial charge in [-0.1, -0.05) is 27.5 Å². The minimum Gasteiger partial charge on any atom is -0.496 e. The van der Waals surface area contributed by atoms with Gasteiger partial charge in [-0.05, 0) is 49.4 Å². The van der Waals surface area contributed by atoms with Crippen LogP contribution in [0.15, 0.2) is 56.9 Å². The lowest BCUT2D eigenvalue weighted by molar-refractivity contribution is -0.120. The fourth-order valence-corrected chi connectivity index (χ4v) is 3.20. The highest BCUT2D eigenvalue weighted by Crippen LogP contribution is 2.25. The van der Waals surface area contributed by atoms with Gasteiger partial charge in [0.2, 0.25) is 0 Å². The monoisotopic (exact) mass is 426 g/mol. The molecule has 2 rings (SSSR count). The van der Waals surface area contributed by atoms with Crippen molar-refractivity contribution in [2.75, 3.05) is 7.11 Å². The maximum absolute atomic E-state index is 12.1. The summed E-state index contributed by atoms with van der Waals surface area (Å²) >= 11 is 10.7. The number of thioether (sulfide) groups is 1. The van der Waals surface area contributed by atoms with Gasteiger partial charge in [0, 0.05) is 20.0 Å². The largest absolute Gasteiger partial charge is 0.496 e. The number of benzene rings is 2. The van der Waals surface area contributed by atoms with E-state index in [2.05, 4.69) is 26.5 Å². The molecular formula is C17H16BrClN2O2S. The average molecular weight is 428 g/mol. The molecule has 126 valence electrons. The van der Waals surface area contributed by atoms with E-state index in [9.17, 15) is 4.79 Å². The number of nitrogens with one attached hydrogen (secondary N) is 1. The molecule has 0 aliphatic carbocycles. The van der Waals surface area contributed by atoms with Gasteiger partial charge in [-0.3, -0.25) is 4.79 Å². The molecule has 24 heavy (non-hydrogen) atoms. The van der Waals surface area contributed by atoms with Gasteiger partial charge < -0.3 is 4.74 Å². The summed E-state index contributed by atoms with van der Waals surface area (Å²) in [6, 6.07) is 12.9. The second-order valence-electron chi connectivity index (χ2n) is 4.83. The molecule has 2 aromatic carbocycles. The van der Waals surface area contributed by atoms with Crippen molar-refractivity contribution in [2.24, 2.45) is 5.10 Å². The van der Waals surface area contributed by atoms with Gasteiger partial charge in [-0.15, -0.1) is 11.8 Å². The van der Waals surface area contributed by atoms with Gasteiger partial charge in [-0.2, -0.15) is 5.10 Å². The highest BCUT2D eigenvalue weighted by molar-refractivity contribution is 9.10. The smallest absolute Gasteiger partial charge is 0.253 e. The van der Waals surface area contributed by atoms with E-state index in [1.54, 1.807) is 25.5 Å². The number of amides is 1. The Hall–Kier alpha value is -1.50. The molecule has 0 bridgehead atoms. The number of ether oxygens (including phenoxy) is 1. The van der Waals surface area contributed by atoms with Crippen molar-refractivity contribution < 1.29 is 9.53 Å². The summed E-state index contributed by atoms with van der Waals surface area (Å²) in [7, 11) is 1.59. The number of rotatable bonds is 6. The third-order valence-corrected chi connectivity index (χ3v) is 4.92. The number of carbonyl (C=O) groups is 1. The van der Waals surface area contributed by atoms with Gasteiger partial charge in [0.1, 0.15) is 5.75 Å². The molecule has 7 heteroatoms. The van der Waals surface area contributed by atoms with Gasteiger partial charge in [0.15, 0.2) is 0 Å². The van der Waals surface area contributed by atoms with Gasteiger partial charge in [-0.25, -0.2) is 5.43 Å². The zero-order valence-corrected chi connectivity index (χ0v) is 16.3. The van der Waals surface area contributed by atoms with Crippen LogP contribution in [0.3, 0.4) is 0 Å². The highest BCUT2D eigenvalue weighted by atomic mass is 79.9. The molecule has 0 spiro atoms. The van der Waals surface area contributed by atoms with Crippen LogP contribution in [0.5, 0.6) is 5.75 Å². The van der Waals surface area contributed by atoms with E-state index in [4.69, 9.17) is 16.3 Å². The molecular weight excluding hydrogens is 412 g/mol. The van der Waals surface area contributed by atoms with Crippen LogP contribution in [0.1, 0.15) is 12.5 Å². The van der Waals surface area contributed by atoms with E-state index in [-0.39, 0.29) is 11.2 Å². The normalized spacial score (nSPS) is 12.2. The maximum Gasteiger partial charge on any atom is 0.253 e. The van der Waals surface area contributed by atoms with E-state index < -0.39 is 0 Å². The van der Waals surface area contributed by atoms with Crippen molar-refractivity contribution in [1.82, 2.24) is 5.43 Å². The Labute approximate surface area is 158 Å². The molecule has 1 amide bonds. The van der Waals surface area contributed by atoms with Crippen molar-refractivity contribution in [1.29, 1.82) is 0 Å². The van der Waals surface area contributed by atoms with Crippen LogP contribution < -0.4 is 10.2 Å². The molecule has 0 fully saturated rings. The number of halogens is 2. The first-order valence-electron chi connectivity index (χ1n) is 7.08. The lowest BCUT2D eigenvalue weighted by Crippen LogP contribution is -2.26. The summed E-state index contributed by atoms with van der Waals surface area (Å²) < 4.78 is 6.16. The fraction of sp³-hybridized carbons (Fsp3) is 0.176. The van der Waals surface area contributed by atoms with Gasteiger partial charge in [0.05, 0.1) is 18.6 Å². The SMILES string of the molecule is COc1ccc(Br)cc1/C=N/NC(=O)C(C)Sc1ccc(Cl)cc1. The summed E-state index contributed by atoms with van der Waals surface area (Å²) in [5, 5.41) is 4.39. The zero-order chi connectivity index (χ0) is 17.5. The minimum atomic E-state index is -0.285. The topological polar surface area (TPSA) is 50.7 Å². The molecule has 4 nitrogen and oxygen atoms in total. The van der Waals surface area contributed by atoms with Crippen molar-refractivity contribution in [3.8, 4) is 5.75 Å². The molecule has 0 aromatic heterocycles. The number of methoxy groups -OCH3 is 1. The fourth-order valence-electron chi connectivity index (χ4n) is 1.83. The quantitative estimate of drug-likeness (QED) is 0.411. The van der Waals surface area contributed by atoms with Crippen molar-refractivity contribution in [3.05, 3.63) is 57.5 Å². The first-order valence-corrected chi connectivity index (χ1v) is 9.13. The van der Waals surface area contributed by atoms with Crippen molar-refractivity contribution >= 4 is 51.4 Å². The van der Waals surface area contributed by atoms with Gasteiger partial charge >= 0.3 is 0 Å². The first-order chi connectivity index (χ1) is 11.5. The van der Waals surface area contributed by atoms with E-state index >= 15 is 0 Å². The molecule has 0 saturated heterocycles. The molecule has 1 N–H and O–H groups in total. The third-order valence-electron chi connectivity index (χ3n) is 3.07. The molecule has 2 aromatic rings. The molecule has 0 aliphatic heterocycles. The van der Waals surface area contributed by atoms with E-state index in [0.29, 0.717) is 10.8 Å². The first kappa shape index (κ1) is 18.8. The van der Waals surface area contributed by atoms with Crippen LogP contribution in [0.4, 0.5) is 0 Å². The van der Waals surface area contributed by atoms with Crippen LogP contribution in [0.2, 0.25) is 5.02 Å². The molecule has 0 radical (unpaired) electrons. The number of hydrazone groups is 1. The summed E-state index contributed by atoms with van der Waals surface area (Å²) in [6.07, 6.45) is 1.56. The minimum absolute atomic E-state index is 0.180. The van der Waals surface area contributed by atoms with Crippen LogP contribution in [0, 0.1) is 0 Å². The van der Waals surface area contributed by atoms with Crippen LogP contribution in [-0.2, 0) is 4.79 Å². The molecule has 0 saturated carbocycles. The molecule has 0 aliphatic rings. The number of hydrogen-bond donors (Lipinski definition) is 1. The van der Waals surface area contributed by atoms with Crippen LogP contribution in [-0.4, -0.2) is 24.5 Å². The Morgan fingerprint density at radius 1 is 1.33 bits per heavy atom. The Balaban J connectivity index is 1.94. The van der Waals surface area contributed by atoms with E-state index in [1.165, 1.54) is 11.8 Å². The van der Waals surface area contributed by atoms with Crippen molar-refractivity contribution in [3.63, 3.8) is 0 Å². The predicted octanol–water partition coefficient (Wildman–Crippen LogP) is 4.74. The highest BCUT2D eigenvalue weighted by Gasteiger charge is 2.13. The van der Waals surface area contributed by atoms with Crippen molar-refractivity contribution in [2.45, 2.75) is 17.1 Å². The van der Waals surface area contributed by atoms with Crippen LogP contribution >= 0.6 is 39.3 Å². The Morgan fingerprint density at radius 3 is 2.71 bits per heavy atom. The summed E-state index contributed by atoms with van der Waals surface area (Å²) in [5.74, 6) is 0.500. The molecule has 1 atom stereocenters. The number of carbonyl (C=O) groups excluding carboxylic acids is 1. The van der Waals surface area contributed by atoms with Crippen LogP contribution in [0.25, 0.3) is 0 Å². The Morgan fingerprint density at radius 2 is 2.04 bits per heavy atom. The second kappa shape index (κ2) is 9.11. The maximum atomic E-state index is 12.1. The zero-order valence-electron chi connectivity index (χ0n) is 13.1. The standard InChI is InChI=1S/C17H16BrClN2O2S/c1-11(24-15-6-4-14(19)5-7-15)17(22)21-20-10-12-9-13(18)3-8-16(12)23-2/h3-11H,1-2H3,(H,21,22)/b20-10+. The van der Waals surface area contributed by atoms with E-state index in [0.717, 1.165) is 14.9 Å². The van der Waals surface area contributed by atoms with Gasteiger partial charge in [0.25, 0.3) is 5.91 Å². The van der Waals surface area contributed by atoms with E-state index in [1.807, 2.05) is 37.3 Å². The summed E-state index contributed by atoms with van der Waals surface area (Å²) in [6.45, 7) is 1.82. The Kier molecular flexibility index (Phi) is 7.15. The number of hydrogen-bond acceptors (Lipinski definition) is 4. The molecule has 1 unspecified atom stereocenters. The lowest BCUT2D eigenvalue weighted by atomic mass is 10.2. The number of nitrogens with zero attached hydrogens (tertiary/aromatic N) is 1.